The number of hydrogen-bond acceptors (Lipinski definition) is 10. The number of halogens is 1. The number of phenols is 1. The predicted molar refractivity (Wildman–Crippen MR) is 143 cm³/mol. The number of carbonyl (C=O) groups is 3. The molecule has 1 aliphatic heterocycles. The Morgan fingerprint density at radius 2 is 1.92 bits per heavy atom. The summed E-state index contributed by atoms with van der Waals surface area (Å²) in [4.78, 5) is 45.0. The standard InChI is InChI=1S/C26H23BrN2O8S/c1-5-37-25(34)23-12(2)28-26(38-23)29-19(14-10-16(27)21(31)17(11-14)36-4)18(22(32)24(29)33)20(30)13-7-6-8-15(9-13)35-3/h6-11,19,30-31H,5H2,1-4H3. The molecule has 2 aromatic carbocycles. The van der Waals surface area contributed by atoms with Gasteiger partial charge in [-0.1, -0.05) is 23.5 Å². The maximum atomic E-state index is 13.4. The molecule has 1 aromatic heterocycles. The van der Waals surface area contributed by atoms with Gasteiger partial charge >= 0.3 is 11.9 Å². The van der Waals surface area contributed by atoms with Crippen LogP contribution < -0.4 is 14.4 Å². The van der Waals surface area contributed by atoms with Crippen molar-refractivity contribution in [1.29, 1.82) is 0 Å². The Morgan fingerprint density at radius 3 is 2.58 bits per heavy atom. The second-order valence-electron chi connectivity index (χ2n) is 8.09. The van der Waals surface area contributed by atoms with Gasteiger partial charge in [0, 0.05) is 5.56 Å². The average molecular weight is 603 g/mol. The van der Waals surface area contributed by atoms with Crippen LogP contribution in [0.5, 0.6) is 17.2 Å². The summed E-state index contributed by atoms with van der Waals surface area (Å²) in [5, 5.41) is 21.8. The number of methoxy groups -OCH3 is 2. The highest BCUT2D eigenvalue weighted by atomic mass is 79.9. The molecule has 1 atom stereocenters. The number of aliphatic hydroxyl groups excluding tert-OH is 1. The third-order valence-corrected chi connectivity index (χ3v) is 7.57. The largest absolute Gasteiger partial charge is 0.507 e. The molecule has 0 saturated carbocycles. The molecule has 1 fully saturated rings. The molecule has 2 N–H and O–H groups in total. The highest BCUT2D eigenvalue weighted by molar-refractivity contribution is 9.10. The summed E-state index contributed by atoms with van der Waals surface area (Å²) in [6, 6.07) is 8.19. The van der Waals surface area contributed by atoms with Crippen LogP contribution in [0, 0.1) is 6.92 Å². The molecule has 0 aliphatic carbocycles. The average Bonchev–Trinajstić information content (AvgIpc) is 3.41. The maximum absolute atomic E-state index is 13.4. The summed E-state index contributed by atoms with van der Waals surface area (Å²) >= 11 is 4.17. The zero-order valence-electron chi connectivity index (χ0n) is 20.8. The first-order chi connectivity index (χ1) is 18.1. The van der Waals surface area contributed by atoms with Crippen LogP contribution in [0.2, 0.25) is 0 Å². The molecular formula is C26H23BrN2O8S. The van der Waals surface area contributed by atoms with Crippen molar-refractivity contribution in [1.82, 2.24) is 4.98 Å². The zero-order valence-corrected chi connectivity index (χ0v) is 23.2. The minimum absolute atomic E-state index is 0.0607. The number of Topliss-reactive ketones (excluding diaryl/α,β-unsaturated/α-hetero) is 1. The molecule has 10 nitrogen and oxygen atoms in total. The Morgan fingerprint density at radius 1 is 1.18 bits per heavy atom. The molecule has 2 heterocycles. The van der Waals surface area contributed by atoms with Crippen molar-refractivity contribution in [3.8, 4) is 17.2 Å². The SMILES string of the molecule is CCOC(=O)c1sc(N2C(=O)C(=O)C(=C(O)c3cccc(OC)c3)C2c2cc(Br)c(O)c(OC)c2)nc1C. The summed E-state index contributed by atoms with van der Waals surface area (Å²) in [5.74, 6) is -2.62. The number of aromatic nitrogens is 1. The van der Waals surface area contributed by atoms with Gasteiger partial charge < -0.3 is 24.4 Å². The zero-order chi connectivity index (χ0) is 27.7. The molecule has 0 radical (unpaired) electrons. The van der Waals surface area contributed by atoms with Gasteiger partial charge in [0.05, 0.1) is 42.6 Å². The van der Waals surface area contributed by atoms with Gasteiger partial charge in [0.25, 0.3) is 5.78 Å². The quantitative estimate of drug-likeness (QED) is 0.170. The van der Waals surface area contributed by atoms with E-state index in [0.717, 1.165) is 16.2 Å². The van der Waals surface area contributed by atoms with Gasteiger partial charge in [0.15, 0.2) is 16.6 Å². The number of ketones is 1. The lowest BCUT2D eigenvalue weighted by molar-refractivity contribution is -0.132. The predicted octanol–water partition coefficient (Wildman–Crippen LogP) is 4.74. The number of phenolic OH excluding ortho intramolecular Hbond substituents is 1. The lowest BCUT2D eigenvalue weighted by Gasteiger charge is -2.24. The molecule has 38 heavy (non-hydrogen) atoms. The highest BCUT2D eigenvalue weighted by Crippen LogP contribution is 2.47. The normalized spacial score (nSPS) is 16.6. The second kappa shape index (κ2) is 10.8. The van der Waals surface area contributed by atoms with Crippen molar-refractivity contribution in [2.75, 3.05) is 25.7 Å². The van der Waals surface area contributed by atoms with Crippen molar-refractivity contribution in [2.24, 2.45) is 0 Å². The van der Waals surface area contributed by atoms with E-state index in [4.69, 9.17) is 14.2 Å². The first kappa shape index (κ1) is 27.1. The fraction of sp³-hybridized carbons (Fsp3) is 0.231. The summed E-state index contributed by atoms with van der Waals surface area (Å²) in [6.45, 7) is 3.41. The summed E-state index contributed by atoms with van der Waals surface area (Å²) in [7, 11) is 2.82. The van der Waals surface area contributed by atoms with Crippen molar-refractivity contribution >= 4 is 55.8 Å². The van der Waals surface area contributed by atoms with Crippen molar-refractivity contribution < 1.29 is 38.8 Å². The molecular weight excluding hydrogens is 580 g/mol. The Hall–Kier alpha value is -3.90. The van der Waals surface area contributed by atoms with Gasteiger partial charge in [-0.05, 0) is 59.6 Å². The minimum atomic E-state index is -1.17. The van der Waals surface area contributed by atoms with E-state index in [9.17, 15) is 24.6 Å². The van der Waals surface area contributed by atoms with Gasteiger partial charge in [-0.25, -0.2) is 9.78 Å². The fourth-order valence-electron chi connectivity index (χ4n) is 4.05. The smallest absolute Gasteiger partial charge is 0.350 e. The van der Waals surface area contributed by atoms with E-state index in [1.807, 2.05) is 0 Å². The number of hydrogen-bond donors (Lipinski definition) is 2. The minimum Gasteiger partial charge on any atom is -0.507 e. The molecule has 1 aliphatic rings. The maximum Gasteiger partial charge on any atom is 0.350 e. The second-order valence-corrected chi connectivity index (χ2v) is 9.92. The van der Waals surface area contributed by atoms with E-state index in [2.05, 4.69) is 20.9 Å². The van der Waals surface area contributed by atoms with Crippen LogP contribution in [-0.4, -0.2) is 53.7 Å². The molecule has 4 rings (SSSR count). The van der Waals surface area contributed by atoms with E-state index in [0.29, 0.717) is 17.0 Å². The summed E-state index contributed by atoms with van der Waals surface area (Å²) in [5.41, 5.74) is 0.690. The van der Waals surface area contributed by atoms with E-state index in [1.54, 1.807) is 32.0 Å². The van der Waals surface area contributed by atoms with Gasteiger partial charge in [0.1, 0.15) is 16.4 Å². The molecule has 0 spiro atoms. The monoisotopic (exact) mass is 602 g/mol. The first-order valence-corrected chi connectivity index (χ1v) is 12.9. The third-order valence-electron chi connectivity index (χ3n) is 5.83. The third kappa shape index (κ3) is 4.72. The molecule has 198 valence electrons. The van der Waals surface area contributed by atoms with E-state index < -0.39 is 29.5 Å². The number of ether oxygens (including phenoxy) is 3. The van der Waals surface area contributed by atoms with Crippen molar-refractivity contribution in [3.63, 3.8) is 0 Å². The molecule has 12 heteroatoms. The van der Waals surface area contributed by atoms with E-state index in [1.165, 1.54) is 32.4 Å². The molecule has 1 saturated heterocycles. The number of nitrogens with zero attached hydrogens (tertiary/aromatic N) is 2. The highest BCUT2D eigenvalue weighted by Gasteiger charge is 2.49. The van der Waals surface area contributed by atoms with Crippen LogP contribution in [-0.2, 0) is 14.3 Å². The fourth-order valence-corrected chi connectivity index (χ4v) is 5.50. The number of amides is 1. The Kier molecular flexibility index (Phi) is 7.74. The van der Waals surface area contributed by atoms with Crippen LogP contribution in [0.3, 0.4) is 0 Å². The lowest BCUT2D eigenvalue weighted by atomic mass is 9.95. The number of carbonyl (C=O) groups excluding carboxylic acids is 3. The van der Waals surface area contributed by atoms with Crippen LogP contribution in [0.4, 0.5) is 5.13 Å². The van der Waals surface area contributed by atoms with Crippen molar-refractivity contribution in [3.05, 3.63) is 68.1 Å². The van der Waals surface area contributed by atoms with Gasteiger partial charge in [-0.3, -0.25) is 14.5 Å². The van der Waals surface area contributed by atoms with Gasteiger partial charge in [-0.2, -0.15) is 0 Å². The number of rotatable bonds is 7. The number of aryl methyl sites for hydroxylation is 1. The van der Waals surface area contributed by atoms with E-state index in [-0.39, 0.29) is 43.7 Å². The number of anilines is 1. The Labute approximate surface area is 230 Å². The number of esters is 1. The Balaban J connectivity index is 1.98. The van der Waals surface area contributed by atoms with Gasteiger partial charge in [-0.15, -0.1) is 0 Å². The number of aliphatic hydroxyl groups is 1. The van der Waals surface area contributed by atoms with Crippen LogP contribution in [0.15, 0.2) is 46.4 Å². The lowest BCUT2D eigenvalue weighted by Crippen LogP contribution is -2.29. The van der Waals surface area contributed by atoms with Crippen LogP contribution >= 0.6 is 27.3 Å². The topological polar surface area (TPSA) is 135 Å². The molecule has 1 unspecified atom stereocenters. The summed E-state index contributed by atoms with van der Waals surface area (Å²) in [6.07, 6.45) is 0. The van der Waals surface area contributed by atoms with Crippen LogP contribution in [0.1, 0.15) is 39.5 Å². The molecule has 1 amide bonds. The van der Waals surface area contributed by atoms with Gasteiger partial charge in [0.2, 0.25) is 0 Å². The number of benzene rings is 2. The number of thiazole rings is 1. The Bertz CT molecular complexity index is 1480. The van der Waals surface area contributed by atoms with Crippen molar-refractivity contribution in [2.45, 2.75) is 19.9 Å². The molecule has 3 aromatic rings. The first-order valence-electron chi connectivity index (χ1n) is 11.3. The van der Waals surface area contributed by atoms with Crippen LogP contribution in [0.25, 0.3) is 5.76 Å². The summed E-state index contributed by atoms with van der Waals surface area (Å²) < 4.78 is 15.8. The van der Waals surface area contributed by atoms with E-state index >= 15 is 0 Å². The molecule has 0 bridgehead atoms. The number of aromatic hydroxyl groups is 1.